The smallest absolute Gasteiger partial charge is 0.314 e. The van der Waals surface area contributed by atoms with Gasteiger partial charge >= 0.3 is 11.8 Å². The summed E-state index contributed by atoms with van der Waals surface area (Å²) >= 11 is 0. The lowest BCUT2D eigenvalue weighted by molar-refractivity contribution is -0.143. The number of carbonyl (C=O) groups is 2. The van der Waals surface area contributed by atoms with Crippen LogP contribution in [-0.4, -0.2) is 37.5 Å². The van der Waals surface area contributed by atoms with Crippen molar-refractivity contribution in [2.24, 2.45) is 0 Å². The molecule has 0 heterocycles. The number of hydrogen-bond donors (Lipinski definition) is 1. The zero-order valence-corrected chi connectivity index (χ0v) is 14.6. The summed E-state index contributed by atoms with van der Waals surface area (Å²) in [4.78, 5) is 26.3. The summed E-state index contributed by atoms with van der Waals surface area (Å²) in [5, 5.41) is 2.60. The van der Waals surface area contributed by atoms with Gasteiger partial charge in [0.05, 0.1) is 19.9 Å². The van der Waals surface area contributed by atoms with Crippen LogP contribution in [0.2, 0.25) is 0 Å². The molecule has 132 valence electrons. The molecule has 0 aliphatic heterocycles. The number of methoxy groups -OCH3 is 2. The van der Waals surface area contributed by atoms with Crippen LogP contribution in [0.3, 0.4) is 0 Å². The predicted octanol–water partition coefficient (Wildman–Crippen LogP) is 2.69. The zero-order valence-electron chi connectivity index (χ0n) is 14.6. The van der Waals surface area contributed by atoms with Crippen LogP contribution in [0.5, 0.6) is 11.5 Å². The van der Waals surface area contributed by atoms with Crippen LogP contribution in [0.4, 0.5) is 5.69 Å². The first-order chi connectivity index (χ1) is 12.1. The van der Waals surface area contributed by atoms with Crippen LogP contribution in [-0.2, 0) is 16.1 Å². The fourth-order valence-electron chi connectivity index (χ4n) is 2.35. The van der Waals surface area contributed by atoms with Crippen molar-refractivity contribution in [3.8, 4) is 11.5 Å². The number of benzene rings is 2. The molecule has 6 nitrogen and oxygen atoms in total. The molecule has 0 spiro atoms. The van der Waals surface area contributed by atoms with E-state index in [1.807, 2.05) is 37.3 Å². The Labute approximate surface area is 147 Å². The highest BCUT2D eigenvalue weighted by Gasteiger charge is 2.22. The van der Waals surface area contributed by atoms with Gasteiger partial charge in [-0.25, -0.2) is 0 Å². The molecule has 0 saturated heterocycles. The fourth-order valence-corrected chi connectivity index (χ4v) is 2.35. The van der Waals surface area contributed by atoms with E-state index in [1.54, 1.807) is 25.3 Å². The Balaban J connectivity index is 2.09. The average molecular weight is 342 g/mol. The van der Waals surface area contributed by atoms with E-state index in [1.165, 1.54) is 12.0 Å². The summed E-state index contributed by atoms with van der Waals surface area (Å²) in [7, 11) is 3.03. The molecule has 6 heteroatoms. The van der Waals surface area contributed by atoms with Crippen LogP contribution in [0.1, 0.15) is 12.5 Å². The quantitative estimate of drug-likeness (QED) is 0.820. The van der Waals surface area contributed by atoms with Crippen LogP contribution in [0, 0.1) is 0 Å². The molecule has 2 aromatic carbocycles. The molecule has 0 aliphatic rings. The Morgan fingerprint density at radius 2 is 1.76 bits per heavy atom. The van der Waals surface area contributed by atoms with Crippen LogP contribution >= 0.6 is 0 Å². The number of nitrogens with one attached hydrogen (secondary N) is 1. The second-order valence-electron chi connectivity index (χ2n) is 5.33. The number of amides is 2. The molecule has 0 saturated carbocycles. The molecular weight excluding hydrogens is 320 g/mol. The number of ether oxygens (including phenoxy) is 2. The molecule has 0 bridgehead atoms. The van der Waals surface area contributed by atoms with Gasteiger partial charge in [-0.2, -0.15) is 0 Å². The number of nitrogens with zero attached hydrogens (tertiary/aromatic N) is 1. The lowest BCUT2D eigenvalue weighted by Gasteiger charge is -2.20. The van der Waals surface area contributed by atoms with Gasteiger partial charge in [0.1, 0.15) is 11.5 Å². The third-order valence-electron chi connectivity index (χ3n) is 3.74. The molecule has 0 unspecified atom stereocenters. The summed E-state index contributed by atoms with van der Waals surface area (Å²) in [6, 6.07) is 14.5. The van der Waals surface area contributed by atoms with Gasteiger partial charge in [0.2, 0.25) is 0 Å². The molecule has 1 N–H and O–H groups in total. The van der Waals surface area contributed by atoms with Crippen LogP contribution < -0.4 is 14.8 Å². The average Bonchev–Trinajstić information content (AvgIpc) is 2.66. The lowest BCUT2D eigenvalue weighted by Crippen LogP contribution is -2.39. The maximum Gasteiger partial charge on any atom is 0.314 e. The van der Waals surface area contributed by atoms with Crippen molar-refractivity contribution in [1.29, 1.82) is 0 Å². The van der Waals surface area contributed by atoms with E-state index in [-0.39, 0.29) is 0 Å². The van der Waals surface area contributed by atoms with Gasteiger partial charge in [0.25, 0.3) is 0 Å². The number of anilines is 1. The minimum Gasteiger partial charge on any atom is -0.497 e. The second kappa shape index (κ2) is 8.73. The highest BCUT2D eigenvalue weighted by atomic mass is 16.5. The maximum atomic E-state index is 12.5. The standard InChI is InChI=1S/C19H22N2O4/c1-4-21(13-14-8-6-5-7-9-14)19(23)18(22)20-16-11-10-15(24-2)12-17(16)25-3/h5-12H,4,13H2,1-3H3,(H,20,22). The van der Waals surface area contributed by atoms with Crippen molar-refractivity contribution in [3.05, 3.63) is 54.1 Å². The van der Waals surface area contributed by atoms with Gasteiger partial charge in [-0.1, -0.05) is 30.3 Å². The van der Waals surface area contributed by atoms with Gasteiger partial charge in [-0.3, -0.25) is 9.59 Å². The summed E-state index contributed by atoms with van der Waals surface area (Å²) in [6.45, 7) is 2.65. The van der Waals surface area contributed by atoms with Crippen LogP contribution in [0.15, 0.2) is 48.5 Å². The highest BCUT2D eigenvalue weighted by Crippen LogP contribution is 2.29. The minimum atomic E-state index is -0.707. The third-order valence-corrected chi connectivity index (χ3v) is 3.74. The van der Waals surface area contributed by atoms with Crippen molar-refractivity contribution < 1.29 is 19.1 Å². The van der Waals surface area contributed by atoms with E-state index in [4.69, 9.17) is 9.47 Å². The molecule has 2 amide bonds. The highest BCUT2D eigenvalue weighted by molar-refractivity contribution is 6.39. The van der Waals surface area contributed by atoms with E-state index < -0.39 is 11.8 Å². The normalized spacial score (nSPS) is 10.0. The number of likely N-dealkylation sites (N-methyl/N-ethyl adjacent to an activating group) is 1. The maximum absolute atomic E-state index is 12.5. The van der Waals surface area contributed by atoms with Gasteiger partial charge in [0.15, 0.2) is 0 Å². The number of rotatable bonds is 6. The van der Waals surface area contributed by atoms with E-state index in [9.17, 15) is 9.59 Å². The largest absolute Gasteiger partial charge is 0.497 e. The molecule has 2 aromatic rings. The number of carbonyl (C=O) groups excluding carboxylic acids is 2. The minimum absolute atomic E-state index is 0.378. The van der Waals surface area contributed by atoms with Crippen molar-refractivity contribution in [1.82, 2.24) is 4.90 Å². The van der Waals surface area contributed by atoms with Crippen molar-refractivity contribution in [2.45, 2.75) is 13.5 Å². The van der Waals surface area contributed by atoms with E-state index in [2.05, 4.69) is 5.32 Å². The molecule has 0 radical (unpaired) electrons. The summed E-state index contributed by atoms with van der Waals surface area (Å²) < 4.78 is 10.3. The first-order valence-electron chi connectivity index (χ1n) is 7.95. The van der Waals surface area contributed by atoms with Gasteiger partial charge < -0.3 is 19.7 Å². The van der Waals surface area contributed by atoms with Gasteiger partial charge in [-0.05, 0) is 24.6 Å². The molecule has 0 aromatic heterocycles. The number of hydrogen-bond acceptors (Lipinski definition) is 4. The van der Waals surface area contributed by atoms with E-state index in [0.717, 1.165) is 5.56 Å². The first-order valence-corrected chi connectivity index (χ1v) is 7.95. The Bertz CT molecular complexity index is 731. The molecule has 0 atom stereocenters. The Kier molecular flexibility index (Phi) is 6.39. The Morgan fingerprint density at radius 1 is 1.04 bits per heavy atom. The summed E-state index contributed by atoms with van der Waals surface area (Å²) in [5.74, 6) is -0.280. The SMILES string of the molecule is CCN(Cc1ccccc1)C(=O)C(=O)Nc1ccc(OC)cc1OC. The summed E-state index contributed by atoms with van der Waals surface area (Å²) in [5.41, 5.74) is 1.38. The van der Waals surface area contributed by atoms with Gasteiger partial charge in [0, 0.05) is 19.2 Å². The predicted molar refractivity (Wildman–Crippen MR) is 95.7 cm³/mol. The molecule has 25 heavy (non-hydrogen) atoms. The van der Waals surface area contributed by atoms with Gasteiger partial charge in [-0.15, -0.1) is 0 Å². The Morgan fingerprint density at radius 3 is 2.36 bits per heavy atom. The van der Waals surface area contributed by atoms with Crippen molar-refractivity contribution >= 4 is 17.5 Å². The van der Waals surface area contributed by atoms with Crippen molar-refractivity contribution in [2.75, 3.05) is 26.1 Å². The van der Waals surface area contributed by atoms with E-state index in [0.29, 0.717) is 30.3 Å². The molecule has 0 aliphatic carbocycles. The second-order valence-corrected chi connectivity index (χ2v) is 5.33. The van der Waals surface area contributed by atoms with E-state index >= 15 is 0 Å². The lowest BCUT2D eigenvalue weighted by atomic mass is 10.2. The molecular formula is C19H22N2O4. The van der Waals surface area contributed by atoms with Crippen molar-refractivity contribution in [3.63, 3.8) is 0 Å². The van der Waals surface area contributed by atoms with Crippen LogP contribution in [0.25, 0.3) is 0 Å². The monoisotopic (exact) mass is 342 g/mol. The molecule has 0 fully saturated rings. The summed E-state index contributed by atoms with van der Waals surface area (Å²) in [6.07, 6.45) is 0. The topological polar surface area (TPSA) is 67.9 Å². The zero-order chi connectivity index (χ0) is 18.2. The fraction of sp³-hybridized carbons (Fsp3) is 0.263. The first kappa shape index (κ1) is 18.3. The third kappa shape index (κ3) is 4.73. The Hall–Kier alpha value is -3.02. The molecule has 2 rings (SSSR count).